The number of fused-ring (bicyclic) bond motifs is 1. The van der Waals surface area contributed by atoms with Gasteiger partial charge in [-0.25, -0.2) is 9.97 Å². The largest absolute Gasteiger partial charge is 0.455 e. The van der Waals surface area contributed by atoms with E-state index in [1.54, 1.807) is 12.1 Å². The molecule has 2 heterocycles. The van der Waals surface area contributed by atoms with Gasteiger partial charge in [0.1, 0.15) is 23.5 Å². The van der Waals surface area contributed by atoms with Crippen molar-refractivity contribution in [3.63, 3.8) is 0 Å². The molecule has 10 heteroatoms. The first-order chi connectivity index (χ1) is 15.7. The van der Waals surface area contributed by atoms with Crippen LogP contribution in [0.1, 0.15) is 26.8 Å². The molecule has 0 radical (unpaired) electrons. The fraction of sp³-hybridized carbons (Fsp3) is 0.174. The highest BCUT2D eigenvalue weighted by Crippen LogP contribution is 2.37. The quantitative estimate of drug-likeness (QED) is 0.316. The van der Waals surface area contributed by atoms with Crippen LogP contribution in [-0.2, 0) is 4.79 Å². The number of nitrogens with one attached hydrogen (secondary N) is 1. The van der Waals surface area contributed by atoms with Crippen molar-refractivity contribution in [2.24, 2.45) is 0 Å². The van der Waals surface area contributed by atoms with Crippen molar-refractivity contribution in [1.82, 2.24) is 14.5 Å². The van der Waals surface area contributed by atoms with Crippen LogP contribution in [0.4, 0.5) is 17.2 Å². The average molecular weight is 446 g/mol. The van der Waals surface area contributed by atoms with E-state index in [4.69, 9.17) is 10.5 Å². The van der Waals surface area contributed by atoms with Gasteiger partial charge in [-0.05, 0) is 37.6 Å². The zero-order valence-corrected chi connectivity index (χ0v) is 18.3. The van der Waals surface area contributed by atoms with Gasteiger partial charge in [0.15, 0.2) is 5.75 Å². The number of nitrogens with two attached hydrogens (primary N) is 1. The SMILES string of the molecule is CC(=O)Nc1cc([N+](=O)[O-])ccc1Oc1ccc(-c2cn(C(C)C)c3ncnc(N)c23)cc1. The van der Waals surface area contributed by atoms with Gasteiger partial charge < -0.3 is 20.4 Å². The first kappa shape index (κ1) is 21.8. The smallest absolute Gasteiger partial charge is 0.271 e. The van der Waals surface area contributed by atoms with Crippen LogP contribution in [0.3, 0.4) is 0 Å². The number of aromatic nitrogens is 3. The number of nitrogens with zero attached hydrogens (tertiary/aromatic N) is 4. The number of hydrogen-bond donors (Lipinski definition) is 2. The van der Waals surface area contributed by atoms with Gasteiger partial charge >= 0.3 is 0 Å². The number of nitrogen functional groups attached to an aromatic ring is 1. The summed E-state index contributed by atoms with van der Waals surface area (Å²) in [4.78, 5) is 30.6. The second-order valence-electron chi connectivity index (χ2n) is 7.75. The summed E-state index contributed by atoms with van der Waals surface area (Å²) in [6.07, 6.45) is 3.45. The van der Waals surface area contributed by atoms with E-state index in [1.165, 1.54) is 31.5 Å². The van der Waals surface area contributed by atoms with Crippen LogP contribution in [0.25, 0.3) is 22.2 Å². The standard InChI is InChI=1S/C23H22N6O4/c1-13(2)28-11-18(21-22(24)25-12-26-23(21)28)15-4-7-17(8-5-15)33-20-9-6-16(29(31)32)10-19(20)27-14(3)30/h4-13H,1-3H3,(H,27,30)(H2,24,25,26). The summed E-state index contributed by atoms with van der Waals surface area (Å²) >= 11 is 0. The summed E-state index contributed by atoms with van der Waals surface area (Å²) in [6.45, 7) is 5.45. The number of rotatable bonds is 6. The van der Waals surface area contributed by atoms with Crippen LogP contribution in [0.15, 0.2) is 55.0 Å². The van der Waals surface area contributed by atoms with E-state index in [2.05, 4.69) is 29.1 Å². The Hall–Kier alpha value is -4.47. The van der Waals surface area contributed by atoms with Crippen LogP contribution >= 0.6 is 0 Å². The Kier molecular flexibility index (Phi) is 5.65. The maximum atomic E-state index is 11.5. The molecule has 0 atom stereocenters. The molecule has 3 N–H and O–H groups in total. The number of ether oxygens (including phenoxy) is 1. The summed E-state index contributed by atoms with van der Waals surface area (Å²) in [5, 5.41) is 14.4. The Labute approximate surface area is 189 Å². The van der Waals surface area contributed by atoms with Crippen LogP contribution < -0.4 is 15.8 Å². The minimum atomic E-state index is -0.535. The predicted octanol–water partition coefficient (Wildman–Crippen LogP) is 4.92. The van der Waals surface area contributed by atoms with Crippen LogP contribution in [0.2, 0.25) is 0 Å². The molecule has 0 aliphatic carbocycles. The van der Waals surface area contributed by atoms with Crippen molar-refractivity contribution >= 4 is 34.1 Å². The number of nitro benzene ring substituents is 1. The molecule has 0 saturated carbocycles. The van der Waals surface area contributed by atoms with Crippen LogP contribution in [-0.4, -0.2) is 25.4 Å². The molecule has 0 unspecified atom stereocenters. The Bertz CT molecular complexity index is 1360. The van der Waals surface area contributed by atoms with Gasteiger partial charge in [0.2, 0.25) is 5.91 Å². The third-order valence-electron chi connectivity index (χ3n) is 5.07. The van der Waals surface area contributed by atoms with Crippen molar-refractivity contribution in [2.45, 2.75) is 26.8 Å². The molecule has 4 rings (SSSR count). The Morgan fingerprint density at radius 3 is 2.55 bits per heavy atom. The molecule has 2 aromatic heterocycles. The zero-order valence-electron chi connectivity index (χ0n) is 18.3. The average Bonchev–Trinajstić information content (AvgIpc) is 3.16. The lowest BCUT2D eigenvalue weighted by atomic mass is 10.1. The molecule has 0 saturated heterocycles. The summed E-state index contributed by atoms with van der Waals surface area (Å²) < 4.78 is 7.94. The lowest BCUT2D eigenvalue weighted by Crippen LogP contribution is -2.07. The predicted molar refractivity (Wildman–Crippen MR) is 125 cm³/mol. The van der Waals surface area contributed by atoms with Gasteiger partial charge in [0, 0.05) is 36.9 Å². The fourth-order valence-corrected chi connectivity index (χ4v) is 3.56. The highest BCUT2D eigenvalue weighted by atomic mass is 16.6. The van der Waals surface area contributed by atoms with Gasteiger partial charge in [0.05, 0.1) is 16.0 Å². The van der Waals surface area contributed by atoms with Gasteiger partial charge in [-0.3, -0.25) is 14.9 Å². The van der Waals surface area contributed by atoms with E-state index in [9.17, 15) is 14.9 Å². The monoisotopic (exact) mass is 446 g/mol. The molecule has 0 aliphatic rings. The van der Waals surface area contributed by atoms with Crippen molar-refractivity contribution in [3.8, 4) is 22.6 Å². The van der Waals surface area contributed by atoms with Gasteiger partial charge in [-0.1, -0.05) is 12.1 Å². The number of benzene rings is 2. The number of nitro groups is 1. The molecule has 0 spiro atoms. The minimum Gasteiger partial charge on any atom is -0.455 e. The summed E-state index contributed by atoms with van der Waals surface area (Å²) in [5.74, 6) is 0.825. The van der Waals surface area contributed by atoms with E-state index in [1.807, 2.05) is 22.9 Å². The maximum Gasteiger partial charge on any atom is 0.271 e. The first-order valence-corrected chi connectivity index (χ1v) is 10.2. The van der Waals surface area contributed by atoms with E-state index in [0.717, 1.165) is 22.2 Å². The minimum absolute atomic E-state index is 0.150. The Balaban J connectivity index is 1.68. The lowest BCUT2D eigenvalue weighted by Gasteiger charge is -2.12. The molecule has 168 valence electrons. The summed E-state index contributed by atoms with van der Waals surface area (Å²) in [7, 11) is 0. The number of carbonyl (C=O) groups excluding carboxylic acids is 1. The summed E-state index contributed by atoms with van der Waals surface area (Å²) in [5.41, 5.74) is 8.79. The maximum absolute atomic E-state index is 11.5. The Morgan fingerprint density at radius 2 is 1.91 bits per heavy atom. The molecular weight excluding hydrogens is 424 g/mol. The number of anilines is 2. The van der Waals surface area contributed by atoms with Gasteiger partial charge in [0.25, 0.3) is 5.69 Å². The lowest BCUT2D eigenvalue weighted by molar-refractivity contribution is -0.384. The van der Waals surface area contributed by atoms with Crippen molar-refractivity contribution in [3.05, 3.63) is 65.1 Å². The van der Waals surface area contributed by atoms with E-state index >= 15 is 0 Å². The van der Waals surface area contributed by atoms with Crippen molar-refractivity contribution in [1.29, 1.82) is 0 Å². The number of hydrogen-bond acceptors (Lipinski definition) is 7. The number of carbonyl (C=O) groups is 1. The zero-order chi connectivity index (χ0) is 23.7. The van der Waals surface area contributed by atoms with Crippen LogP contribution in [0, 0.1) is 10.1 Å². The molecule has 0 aliphatic heterocycles. The topological polar surface area (TPSA) is 138 Å². The second-order valence-corrected chi connectivity index (χ2v) is 7.75. The first-order valence-electron chi connectivity index (χ1n) is 10.2. The molecule has 10 nitrogen and oxygen atoms in total. The highest BCUT2D eigenvalue weighted by Gasteiger charge is 2.17. The third-order valence-corrected chi connectivity index (χ3v) is 5.07. The molecule has 1 amide bonds. The van der Waals surface area contributed by atoms with Gasteiger partial charge in [-0.2, -0.15) is 0 Å². The van der Waals surface area contributed by atoms with Gasteiger partial charge in [-0.15, -0.1) is 0 Å². The van der Waals surface area contributed by atoms with Crippen molar-refractivity contribution in [2.75, 3.05) is 11.1 Å². The van der Waals surface area contributed by atoms with E-state index in [-0.39, 0.29) is 29.1 Å². The van der Waals surface area contributed by atoms with E-state index < -0.39 is 4.92 Å². The number of non-ortho nitro benzene ring substituents is 1. The molecule has 0 bridgehead atoms. The Morgan fingerprint density at radius 1 is 1.18 bits per heavy atom. The molecule has 33 heavy (non-hydrogen) atoms. The van der Waals surface area contributed by atoms with E-state index in [0.29, 0.717) is 11.6 Å². The fourth-order valence-electron chi connectivity index (χ4n) is 3.56. The molecule has 2 aromatic carbocycles. The molecule has 0 fully saturated rings. The molecule has 4 aromatic rings. The normalized spacial score (nSPS) is 11.0. The molecular formula is C23H22N6O4. The van der Waals surface area contributed by atoms with Crippen molar-refractivity contribution < 1.29 is 14.5 Å². The summed E-state index contributed by atoms with van der Waals surface area (Å²) in [6, 6.07) is 11.5. The highest BCUT2D eigenvalue weighted by molar-refractivity contribution is 6.00. The number of amides is 1. The second kappa shape index (κ2) is 8.58. The van der Waals surface area contributed by atoms with Crippen LogP contribution in [0.5, 0.6) is 11.5 Å². The third kappa shape index (κ3) is 4.31.